The van der Waals surface area contributed by atoms with Gasteiger partial charge < -0.3 is 26.1 Å². The van der Waals surface area contributed by atoms with Crippen molar-refractivity contribution >= 4 is 69.3 Å². The lowest BCUT2D eigenvalue weighted by atomic mass is 10.1. The van der Waals surface area contributed by atoms with Crippen molar-refractivity contribution in [2.45, 2.75) is 11.4 Å². The number of hydrogen-bond acceptors (Lipinski definition) is 12. The number of fused-ring (bicyclic) bond motifs is 1. The molecule has 32 heavy (non-hydrogen) atoms. The van der Waals surface area contributed by atoms with E-state index >= 15 is 0 Å². The third-order valence-electron chi connectivity index (χ3n) is 4.40. The van der Waals surface area contributed by atoms with E-state index in [2.05, 4.69) is 20.4 Å². The van der Waals surface area contributed by atoms with Crippen LogP contribution in [0.3, 0.4) is 0 Å². The minimum Gasteiger partial charge on any atom is -0.449 e. The molecule has 2 amide bonds. The molecule has 0 bridgehead atoms. The first-order chi connectivity index (χ1) is 15.4. The van der Waals surface area contributed by atoms with Crippen molar-refractivity contribution in [2.75, 3.05) is 11.5 Å². The zero-order valence-corrected chi connectivity index (χ0v) is 18.3. The van der Waals surface area contributed by atoms with E-state index in [0.717, 1.165) is 16.2 Å². The number of rotatable bonds is 6. The Morgan fingerprint density at radius 2 is 2.19 bits per heavy atom. The van der Waals surface area contributed by atoms with Gasteiger partial charge in [0.1, 0.15) is 17.1 Å². The summed E-state index contributed by atoms with van der Waals surface area (Å²) < 4.78 is 4.90. The highest BCUT2D eigenvalue weighted by atomic mass is 32.2. The number of aromatic nitrogens is 2. The van der Waals surface area contributed by atoms with Crippen LogP contribution in [0.4, 0.5) is 9.93 Å². The second kappa shape index (κ2) is 8.97. The van der Waals surface area contributed by atoms with Gasteiger partial charge in [-0.1, -0.05) is 11.2 Å². The van der Waals surface area contributed by atoms with Gasteiger partial charge in [-0.05, 0) is 6.08 Å². The molecule has 2 aromatic rings. The largest absolute Gasteiger partial charge is 0.512 e. The van der Waals surface area contributed by atoms with E-state index in [-0.39, 0.29) is 16.7 Å². The quantitative estimate of drug-likeness (QED) is 0.151. The molecule has 1 unspecified atom stereocenters. The summed E-state index contributed by atoms with van der Waals surface area (Å²) in [5.41, 5.74) is 7.37. The van der Waals surface area contributed by atoms with E-state index in [1.807, 2.05) is 0 Å². The van der Waals surface area contributed by atoms with E-state index in [0.29, 0.717) is 11.3 Å². The maximum Gasteiger partial charge on any atom is 0.512 e. The molecule has 2 atom stereocenters. The molecule has 2 aliphatic rings. The molecule has 1 fully saturated rings. The van der Waals surface area contributed by atoms with Crippen LogP contribution in [0.25, 0.3) is 6.08 Å². The van der Waals surface area contributed by atoms with Crippen molar-refractivity contribution in [3.8, 4) is 0 Å². The summed E-state index contributed by atoms with van der Waals surface area (Å²) in [6, 6.07) is -0.973. The average Bonchev–Trinajstić information content (AvgIpc) is 3.42. The Hall–Kier alpha value is -3.43. The lowest BCUT2D eigenvalue weighted by Gasteiger charge is -2.48. The number of nitrogens with two attached hydrogens (primary N) is 1. The van der Waals surface area contributed by atoms with Crippen molar-refractivity contribution in [1.82, 2.24) is 20.2 Å². The molecule has 12 nitrogen and oxygen atoms in total. The number of oxime groups is 1. The van der Waals surface area contributed by atoms with Crippen molar-refractivity contribution in [3.63, 3.8) is 0 Å². The fourth-order valence-electron chi connectivity index (χ4n) is 3.00. The molecule has 5 N–H and O–H groups in total. The number of allylic oxidation sites excluding steroid dienone is 1. The van der Waals surface area contributed by atoms with Crippen LogP contribution in [0.5, 0.6) is 0 Å². The second-order valence-electron chi connectivity index (χ2n) is 6.32. The van der Waals surface area contributed by atoms with E-state index in [4.69, 9.17) is 15.6 Å². The Kier molecular flexibility index (Phi) is 6.11. The summed E-state index contributed by atoms with van der Waals surface area (Å²) >= 11 is 3.78. The highest BCUT2D eigenvalue weighted by Crippen LogP contribution is 2.41. The van der Waals surface area contributed by atoms with E-state index in [1.165, 1.54) is 33.4 Å². The third-order valence-corrected chi connectivity index (χ3v) is 7.11. The summed E-state index contributed by atoms with van der Waals surface area (Å²) in [6.07, 6.45) is 3.49. The molecule has 15 heteroatoms. The van der Waals surface area contributed by atoms with Crippen LogP contribution in [-0.4, -0.2) is 66.0 Å². The smallest absolute Gasteiger partial charge is 0.449 e. The van der Waals surface area contributed by atoms with E-state index in [9.17, 15) is 19.6 Å². The molecule has 0 radical (unpaired) electrons. The number of hydrogen-bond donors (Lipinski definition) is 4. The van der Waals surface area contributed by atoms with Crippen LogP contribution in [0.2, 0.25) is 0 Å². The summed E-state index contributed by atoms with van der Waals surface area (Å²) in [6.45, 7) is 0. The first kappa shape index (κ1) is 21.8. The molecule has 4 heterocycles. The molecule has 2 aromatic heterocycles. The first-order valence-electron chi connectivity index (χ1n) is 8.78. The average molecular weight is 495 g/mol. The van der Waals surface area contributed by atoms with Gasteiger partial charge in [-0.2, -0.15) is 0 Å². The zero-order chi connectivity index (χ0) is 22.8. The molecular weight excluding hydrogens is 480 g/mol. The van der Waals surface area contributed by atoms with Crippen LogP contribution < -0.4 is 11.1 Å². The van der Waals surface area contributed by atoms with Crippen molar-refractivity contribution in [1.29, 1.82) is 0 Å². The zero-order valence-electron chi connectivity index (χ0n) is 15.9. The number of β-lactam (4-membered cyclic amide) rings is 1. The number of amides is 2. The lowest BCUT2D eigenvalue weighted by molar-refractivity contribution is -0.148. The molecule has 0 spiro atoms. The third kappa shape index (κ3) is 4.17. The van der Waals surface area contributed by atoms with E-state index < -0.39 is 35.1 Å². The van der Waals surface area contributed by atoms with Crippen molar-refractivity contribution in [2.24, 2.45) is 5.16 Å². The minimum absolute atomic E-state index is 0.0673. The van der Waals surface area contributed by atoms with Crippen LogP contribution >= 0.6 is 34.4 Å². The van der Waals surface area contributed by atoms with Crippen LogP contribution in [0, 0.1) is 0 Å². The number of thiazole rings is 2. The number of carbonyl (C=O) groups excluding carboxylic acids is 2. The lowest BCUT2D eigenvalue weighted by Crippen LogP contribution is -2.70. The molecule has 0 aromatic carbocycles. The summed E-state index contributed by atoms with van der Waals surface area (Å²) in [5, 5.41) is 24.8. The molecule has 2 aliphatic heterocycles. The van der Waals surface area contributed by atoms with Gasteiger partial charge in [0, 0.05) is 27.8 Å². The topological polar surface area (TPSA) is 180 Å². The number of anilines is 1. The number of carbonyl (C=O) groups is 3. The number of carboxylic acid groups (broad SMARTS) is 1. The molecule has 166 valence electrons. The number of nitrogens with zero attached hydrogens (tertiary/aromatic N) is 4. The maximum atomic E-state index is 12.8. The number of ether oxygens (including phenoxy) is 1. The van der Waals surface area contributed by atoms with Crippen molar-refractivity contribution < 1.29 is 29.4 Å². The van der Waals surface area contributed by atoms with E-state index in [1.54, 1.807) is 23.9 Å². The van der Waals surface area contributed by atoms with Gasteiger partial charge in [-0.25, -0.2) is 9.78 Å². The molecule has 0 saturated carbocycles. The summed E-state index contributed by atoms with van der Waals surface area (Å²) in [5.74, 6) is -1.16. The van der Waals surface area contributed by atoms with Gasteiger partial charge in [-0.15, -0.1) is 34.4 Å². The Bertz CT molecular complexity index is 1160. The van der Waals surface area contributed by atoms with Crippen LogP contribution in [-0.2, 0) is 14.3 Å². The second-order valence-corrected chi connectivity index (χ2v) is 9.23. The summed E-state index contributed by atoms with van der Waals surface area (Å²) in [7, 11) is 0. The normalized spacial score (nSPS) is 20.8. The number of thioether (sulfide) groups is 1. The fourth-order valence-corrected chi connectivity index (χ4v) is 5.36. The highest BCUT2D eigenvalue weighted by Gasteiger charge is 2.54. The Morgan fingerprint density at radius 1 is 1.38 bits per heavy atom. The number of nitrogens with one attached hydrogen (secondary N) is 1. The highest BCUT2D eigenvalue weighted by molar-refractivity contribution is 8.00. The van der Waals surface area contributed by atoms with Crippen molar-refractivity contribution in [3.05, 3.63) is 45.2 Å². The number of nitrogen functional groups attached to an aromatic ring is 1. The first-order valence-corrected chi connectivity index (χ1v) is 11.6. The standard InChI is InChI=1S/C17H14N6O6S3/c18-16-20-9(5-31-16)10(22-28)12(24)21-11-13(25)23-14(29-17(26)27)7(4-30-15(11)23)1-2-8-3-19-6-32-8/h1-3,5-6,11,15,28H,4H2,(H2,18,20)(H,21,24)(H,26,27)/t11?,15-/m0/s1. The van der Waals surface area contributed by atoms with Gasteiger partial charge in [0.25, 0.3) is 11.8 Å². The SMILES string of the molecule is Nc1nc(C(=NO)C(=O)NC2C(=O)N3C(OC(=O)O)=C(C=Cc4cncs4)CS[C@@H]23)cs1. The fraction of sp³-hybridized carbons (Fsp3) is 0.176. The van der Waals surface area contributed by atoms with Gasteiger partial charge in [0.05, 0.1) is 5.51 Å². The predicted molar refractivity (Wildman–Crippen MR) is 117 cm³/mol. The summed E-state index contributed by atoms with van der Waals surface area (Å²) in [4.78, 5) is 46.4. The van der Waals surface area contributed by atoms with Gasteiger partial charge in [-0.3, -0.25) is 19.5 Å². The molecular formula is C17H14N6O6S3. The molecule has 1 saturated heterocycles. The van der Waals surface area contributed by atoms with Gasteiger partial charge in [0.15, 0.2) is 10.8 Å². The predicted octanol–water partition coefficient (Wildman–Crippen LogP) is 1.38. The minimum atomic E-state index is -1.56. The Balaban J connectivity index is 1.53. The Labute approximate surface area is 192 Å². The monoisotopic (exact) mass is 494 g/mol. The van der Waals surface area contributed by atoms with Crippen LogP contribution in [0.1, 0.15) is 10.6 Å². The van der Waals surface area contributed by atoms with Crippen LogP contribution in [0.15, 0.2) is 39.8 Å². The van der Waals surface area contributed by atoms with Gasteiger partial charge >= 0.3 is 6.16 Å². The Morgan fingerprint density at radius 3 is 2.81 bits per heavy atom. The molecule has 0 aliphatic carbocycles. The van der Waals surface area contributed by atoms with Gasteiger partial charge in [0.2, 0.25) is 5.88 Å². The molecule has 4 rings (SSSR count). The maximum absolute atomic E-state index is 12.8.